The van der Waals surface area contributed by atoms with Crippen LogP contribution in [0.5, 0.6) is 0 Å². The Bertz CT molecular complexity index is 290. The first-order valence-electron chi connectivity index (χ1n) is 4.23. The lowest BCUT2D eigenvalue weighted by Crippen LogP contribution is -2.10. The fraction of sp³-hybridized carbons (Fsp3) is 0.400. The van der Waals surface area contributed by atoms with E-state index in [0.717, 1.165) is 0 Å². The van der Waals surface area contributed by atoms with Crippen molar-refractivity contribution in [1.82, 2.24) is 0 Å². The summed E-state index contributed by atoms with van der Waals surface area (Å²) in [6, 6.07) is 0. The Labute approximate surface area is 83.6 Å². The number of carboxylic acids is 1. The molecule has 78 valence electrons. The maximum Gasteiger partial charge on any atom is 0.339 e. The third kappa shape index (κ3) is 3.05. The van der Waals surface area contributed by atoms with Gasteiger partial charge in [-0.05, 0) is 13.8 Å². The molecule has 0 fully saturated rings. The fourth-order valence-electron chi connectivity index (χ4n) is 1.04. The van der Waals surface area contributed by atoms with Crippen LogP contribution in [-0.4, -0.2) is 30.4 Å². The second kappa shape index (κ2) is 5.96. The average Bonchev–Trinajstić information content (AvgIpc) is 2.13. The molecule has 0 aromatic carbocycles. The molecule has 0 heterocycles. The Balaban J connectivity index is 5.29. The first-order valence-corrected chi connectivity index (χ1v) is 4.23. The van der Waals surface area contributed by atoms with Crippen molar-refractivity contribution in [3.05, 3.63) is 24.0 Å². The fourth-order valence-corrected chi connectivity index (χ4v) is 1.04. The SMILES string of the molecule is C=C/C(C(=O)O)=C(/OC)C(C)=NCC. The lowest BCUT2D eigenvalue weighted by molar-refractivity contribution is -0.132. The van der Waals surface area contributed by atoms with E-state index in [9.17, 15) is 4.79 Å². The minimum atomic E-state index is -1.07. The van der Waals surface area contributed by atoms with Crippen molar-refractivity contribution in [3.63, 3.8) is 0 Å². The molecule has 0 atom stereocenters. The van der Waals surface area contributed by atoms with Gasteiger partial charge in [0.15, 0.2) is 5.76 Å². The number of nitrogens with zero attached hydrogens (tertiary/aromatic N) is 1. The summed E-state index contributed by atoms with van der Waals surface area (Å²) >= 11 is 0. The lowest BCUT2D eigenvalue weighted by atomic mass is 10.1. The van der Waals surface area contributed by atoms with Crippen molar-refractivity contribution in [3.8, 4) is 0 Å². The second-order valence-corrected chi connectivity index (χ2v) is 2.52. The molecule has 0 bridgehead atoms. The summed E-state index contributed by atoms with van der Waals surface area (Å²) in [7, 11) is 1.41. The van der Waals surface area contributed by atoms with Gasteiger partial charge in [-0.2, -0.15) is 0 Å². The zero-order valence-electron chi connectivity index (χ0n) is 8.70. The maximum atomic E-state index is 10.8. The van der Waals surface area contributed by atoms with Gasteiger partial charge in [0.2, 0.25) is 0 Å². The summed E-state index contributed by atoms with van der Waals surface area (Å²) in [6.45, 7) is 7.58. The Morgan fingerprint density at radius 3 is 2.50 bits per heavy atom. The van der Waals surface area contributed by atoms with Crippen molar-refractivity contribution >= 4 is 11.7 Å². The first-order chi connectivity index (χ1) is 6.58. The van der Waals surface area contributed by atoms with E-state index in [-0.39, 0.29) is 11.3 Å². The Morgan fingerprint density at radius 1 is 1.64 bits per heavy atom. The number of rotatable bonds is 5. The van der Waals surface area contributed by atoms with E-state index < -0.39 is 5.97 Å². The summed E-state index contributed by atoms with van der Waals surface area (Å²) in [5.74, 6) is -0.808. The highest BCUT2D eigenvalue weighted by Gasteiger charge is 2.13. The third-order valence-corrected chi connectivity index (χ3v) is 1.61. The van der Waals surface area contributed by atoms with Gasteiger partial charge in [0.1, 0.15) is 5.57 Å². The number of aliphatic imine (C=N–C) groups is 1. The van der Waals surface area contributed by atoms with Crippen LogP contribution in [0.1, 0.15) is 13.8 Å². The molecular formula is C10H15NO3. The first kappa shape index (κ1) is 12.4. The molecule has 0 saturated heterocycles. The van der Waals surface area contributed by atoms with E-state index >= 15 is 0 Å². The number of aliphatic carboxylic acids is 1. The van der Waals surface area contributed by atoms with Gasteiger partial charge in [0, 0.05) is 6.54 Å². The predicted molar refractivity (Wildman–Crippen MR) is 55.5 cm³/mol. The zero-order valence-corrected chi connectivity index (χ0v) is 8.70. The molecule has 4 nitrogen and oxygen atoms in total. The monoisotopic (exact) mass is 197 g/mol. The van der Waals surface area contributed by atoms with Crippen LogP contribution in [0, 0.1) is 0 Å². The van der Waals surface area contributed by atoms with Gasteiger partial charge in [-0.1, -0.05) is 12.7 Å². The van der Waals surface area contributed by atoms with Gasteiger partial charge in [-0.25, -0.2) is 4.79 Å². The molecule has 0 aromatic rings. The van der Waals surface area contributed by atoms with E-state index in [2.05, 4.69) is 11.6 Å². The quantitative estimate of drug-likeness (QED) is 0.315. The minimum Gasteiger partial charge on any atom is -0.494 e. The van der Waals surface area contributed by atoms with Gasteiger partial charge in [0.05, 0.1) is 12.8 Å². The molecule has 0 radical (unpaired) electrons. The number of ether oxygens (including phenoxy) is 1. The predicted octanol–water partition coefficient (Wildman–Crippen LogP) is 1.64. The third-order valence-electron chi connectivity index (χ3n) is 1.61. The summed E-state index contributed by atoms with van der Waals surface area (Å²) in [5, 5.41) is 8.83. The maximum absolute atomic E-state index is 10.8. The van der Waals surface area contributed by atoms with Crippen molar-refractivity contribution in [1.29, 1.82) is 0 Å². The van der Waals surface area contributed by atoms with Crippen molar-refractivity contribution < 1.29 is 14.6 Å². The van der Waals surface area contributed by atoms with Gasteiger partial charge in [-0.3, -0.25) is 4.99 Å². The van der Waals surface area contributed by atoms with Crippen LogP contribution < -0.4 is 0 Å². The molecule has 4 heteroatoms. The highest BCUT2D eigenvalue weighted by Crippen LogP contribution is 2.09. The topological polar surface area (TPSA) is 58.9 Å². The molecule has 0 amide bonds. The molecule has 1 N–H and O–H groups in total. The second-order valence-electron chi connectivity index (χ2n) is 2.52. The van der Waals surface area contributed by atoms with Gasteiger partial charge >= 0.3 is 5.97 Å². The largest absolute Gasteiger partial charge is 0.494 e. The number of carbonyl (C=O) groups is 1. The molecule has 0 rings (SSSR count). The van der Waals surface area contributed by atoms with Crippen LogP contribution >= 0.6 is 0 Å². The molecule has 0 aliphatic carbocycles. The van der Waals surface area contributed by atoms with Gasteiger partial charge in [0.25, 0.3) is 0 Å². The number of hydrogen-bond acceptors (Lipinski definition) is 3. The highest BCUT2D eigenvalue weighted by molar-refractivity contribution is 6.04. The molecule has 0 saturated carbocycles. The van der Waals surface area contributed by atoms with Crippen LogP contribution in [0.3, 0.4) is 0 Å². The van der Waals surface area contributed by atoms with Crippen LogP contribution in [0.4, 0.5) is 0 Å². The number of allylic oxidation sites excluding steroid dienone is 1. The Morgan fingerprint density at radius 2 is 2.21 bits per heavy atom. The van der Waals surface area contributed by atoms with Crippen LogP contribution in [0.2, 0.25) is 0 Å². The van der Waals surface area contributed by atoms with Crippen molar-refractivity contribution in [2.45, 2.75) is 13.8 Å². The van der Waals surface area contributed by atoms with Gasteiger partial charge < -0.3 is 9.84 Å². The van der Waals surface area contributed by atoms with E-state index in [1.54, 1.807) is 6.92 Å². The Hall–Kier alpha value is -1.58. The highest BCUT2D eigenvalue weighted by atomic mass is 16.5. The normalized spacial score (nSPS) is 13.2. The van der Waals surface area contributed by atoms with E-state index in [1.165, 1.54) is 13.2 Å². The van der Waals surface area contributed by atoms with Crippen molar-refractivity contribution in [2.75, 3.05) is 13.7 Å². The number of carboxylic acid groups (broad SMARTS) is 1. The van der Waals surface area contributed by atoms with Crippen LogP contribution in [0.15, 0.2) is 29.0 Å². The summed E-state index contributed by atoms with van der Waals surface area (Å²) in [5.41, 5.74) is 0.592. The molecule has 0 unspecified atom stereocenters. The zero-order chi connectivity index (χ0) is 11.1. The summed E-state index contributed by atoms with van der Waals surface area (Å²) in [6.07, 6.45) is 1.25. The average molecular weight is 197 g/mol. The Kier molecular flexibility index (Phi) is 5.29. The standard InChI is InChI=1S/C10H15NO3/c1-5-8(10(12)13)9(14-4)7(3)11-6-2/h5H,1,6H2,2-4H3,(H,12,13)/b9-8-,11-7?. The van der Waals surface area contributed by atoms with Gasteiger partial charge in [-0.15, -0.1) is 0 Å². The molecule has 0 aromatic heterocycles. The molecule has 14 heavy (non-hydrogen) atoms. The smallest absolute Gasteiger partial charge is 0.339 e. The summed E-state index contributed by atoms with van der Waals surface area (Å²) < 4.78 is 4.98. The lowest BCUT2D eigenvalue weighted by Gasteiger charge is -2.07. The summed E-state index contributed by atoms with van der Waals surface area (Å²) in [4.78, 5) is 14.8. The molecule has 0 spiro atoms. The minimum absolute atomic E-state index is 0.0298. The van der Waals surface area contributed by atoms with E-state index in [1.807, 2.05) is 6.92 Å². The number of methoxy groups -OCH3 is 1. The molecule has 0 aliphatic heterocycles. The molecular weight excluding hydrogens is 182 g/mol. The van der Waals surface area contributed by atoms with Crippen molar-refractivity contribution in [2.24, 2.45) is 4.99 Å². The van der Waals surface area contributed by atoms with Crippen LogP contribution in [-0.2, 0) is 9.53 Å². The van der Waals surface area contributed by atoms with E-state index in [4.69, 9.17) is 9.84 Å². The molecule has 0 aliphatic rings. The number of hydrogen-bond donors (Lipinski definition) is 1. The van der Waals surface area contributed by atoms with E-state index in [0.29, 0.717) is 12.3 Å². The van der Waals surface area contributed by atoms with Crippen LogP contribution in [0.25, 0.3) is 0 Å².